The maximum absolute atomic E-state index is 11.8. The van der Waals surface area contributed by atoms with Gasteiger partial charge in [0.1, 0.15) is 11.4 Å². The van der Waals surface area contributed by atoms with Gasteiger partial charge in [0.25, 0.3) is 0 Å². The minimum atomic E-state index is -0.571. The maximum atomic E-state index is 11.8. The molecule has 0 aliphatic carbocycles. The van der Waals surface area contributed by atoms with Crippen LogP contribution in [-0.4, -0.2) is 21.8 Å². The number of amides is 1. The number of aromatic nitrogens is 1. The van der Waals surface area contributed by atoms with E-state index in [1.165, 1.54) is 12.3 Å². The number of hydrogen-bond acceptors (Lipinski definition) is 4. The lowest BCUT2D eigenvalue weighted by molar-refractivity contribution is -0.118. The molecule has 0 fully saturated rings. The Morgan fingerprint density at radius 2 is 1.95 bits per heavy atom. The molecular weight excluding hydrogens is 292 g/mol. The van der Waals surface area contributed by atoms with Gasteiger partial charge in [0, 0.05) is 29.6 Å². The summed E-state index contributed by atoms with van der Waals surface area (Å²) in [4.78, 5) is 26.5. The third-order valence-corrected chi connectivity index (χ3v) is 3.12. The second-order valence-corrected chi connectivity index (χ2v) is 4.93. The normalized spacial score (nSPS) is 10.3. The molecule has 0 saturated heterocycles. The molecule has 0 radical (unpaired) electrons. The quantitative estimate of drug-likeness (QED) is 0.830. The first-order valence-electron chi connectivity index (χ1n) is 6.24. The first-order chi connectivity index (χ1) is 9.97. The first kappa shape index (κ1) is 15.0. The first-order valence-corrected chi connectivity index (χ1v) is 6.61. The van der Waals surface area contributed by atoms with E-state index >= 15 is 0 Å². The number of carbonyl (C=O) groups is 2. The number of hydrogen-bond donors (Lipinski definition) is 2. The fraction of sp³-hybridized carbons (Fsp3) is 0.133. The highest BCUT2D eigenvalue weighted by molar-refractivity contribution is 6.30. The Morgan fingerprint density at radius 1 is 1.19 bits per heavy atom. The lowest BCUT2D eigenvalue weighted by Gasteiger charge is -2.06. The molecule has 0 aliphatic rings. The molecule has 0 aliphatic heterocycles. The molecule has 21 heavy (non-hydrogen) atoms. The molecule has 3 N–H and O–H groups in total. The van der Waals surface area contributed by atoms with E-state index in [0.717, 1.165) is 5.56 Å². The second kappa shape index (κ2) is 6.37. The highest BCUT2D eigenvalue weighted by Gasteiger charge is 2.15. The molecule has 0 bridgehead atoms. The van der Waals surface area contributed by atoms with Gasteiger partial charge in [-0.05, 0) is 23.8 Å². The van der Waals surface area contributed by atoms with Crippen molar-refractivity contribution >= 4 is 23.3 Å². The minimum absolute atomic E-state index is 0.0676. The molecule has 1 heterocycles. The molecule has 0 unspecified atom stereocenters. The van der Waals surface area contributed by atoms with Gasteiger partial charge in [-0.15, -0.1) is 0 Å². The smallest absolute Gasteiger partial charge is 0.217 e. The number of benzene rings is 1. The van der Waals surface area contributed by atoms with Gasteiger partial charge in [-0.25, -0.2) is 4.98 Å². The summed E-state index contributed by atoms with van der Waals surface area (Å²) in [7, 11) is 0. The summed E-state index contributed by atoms with van der Waals surface area (Å²) in [5, 5.41) is 10.5. The van der Waals surface area contributed by atoms with Gasteiger partial charge in [0.05, 0.1) is 0 Å². The molecule has 0 saturated carbocycles. The van der Waals surface area contributed by atoms with Gasteiger partial charge in [0.15, 0.2) is 5.78 Å². The summed E-state index contributed by atoms with van der Waals surface area (Å²) >= 11 is 5.91. The SMILES string of the molecule is NC(=O)CCC(=O)c1ncc(-c2cccc(Cl)c2)cc1O. The Kier molecular flexibility index (Phi) is 4.55. The van der Waals surface area contributed by atoms with E-state index in [1.54, 1.807) is 18.2 Å². The van der Waals surface area contributed by atoms with Crippen LogP contribution in [0.2, 0.25) is 5.02 Å². The van der Waals surface area contributed by atoms with Crippen molar-refractivity contribution in [3.63, 3.8) is 0 Å². The number of ketones is 1. The Bertz CT molecular complexity index is 701. The van der Waals surface area contributed by atoms with E-state index in [2.05, 4.69) is 4.98 Å². The van der Waals surface area contributed by atoms with Crippen LogP contribution >= 0.6 is 11.6 Å². The number of Topliss-reactive ketones (excluding diaryl/α,β-unsaturated/α-hetero) is 1. The van der Waals surface area contributed by atoms with Crippen molar-refractivity contribution in [3.05, 3.63) is 47.2 Å². The van der Waals surface area contributed by atoms with Crippen LogP contribution in [0.3, 0.4) is 0 Å². The van der Waals surface area contributed by atoms with Crippen LogP contribution in [0.25, 0.3) is 11.1 Å². The average Bonchev–Trinajstić information content (AvgIpc) is 2.44. The van der Waals surface area contributed by atoms with Crippen molar-refractivity contribution < 1.29 is 14.7 Å². The number of primary amides is 1. The molecule has 0 atom stereocenters. The Morgan fingerprint density at radius 3 is 2.57 bits per heavy atom. The fourth-order valence-corrected chi connectivity index (χ4v) is 2.04. The summed E-state index contributed by atoms with van der Waals surface area (Å²) in [5.41, 5.74) is 6.34. The Balaban J connectivity index is 2.25. The van der Waals surface area contributed by atoms with E-state index in [9.17, 15) is 14.7 Å². The predicted octanol–water partition coefficient (Wildman–Crippen LogP) is 2.56. The monoisotopic (exact) mass is 304 g/mol. The summed E-state index contributed by atoms with van der Waals surface area (Å²) in [6.07, 6.45) is 1.32. The number of rotatable bonds is 5. The third-order valence-electron chi connectivity index (χ3n) is 2.89. The van der Waals surface area contributed by atoms with Crippen LogP contribution in [0.5, 0.6) is 5.75 Å². The van der Waals surface area contributed by atoms with Gasteiger partial charge in [-0.3, -0.25) is 9.59 Å². The zero-order chi connectivity index (χ0) is 15.4. The van der Waals surface area contributed by atoms with Crippen LogP contribution < -0.4 is 5.73 Å². The third kappa shape index (κ3) is 3.79. The molecule has 2 aromatic rings. The zero-order valence-electron chi connectivity index (χ0n) is 11.0. The predicted molar refractivity (Wildman–Crippen MR) is 79.1 cm³/mol. The topological polar surface area (TPSA) is 93.3 Å². The number of pyridine rings is 1. The number of nitrogens with zero attached hydrogens (tertiary/aromatic N) is 1. The largest absolute Gasteiger partial charge is 0.506 e. The van der Waals surface area contributed by atoms with E-state index in [-0.39, 0.29) is 24.3 Å². The average molecular weight is 305 g/mol. The van der Waals surface area contributed by atoms with Crippen molar-refractivity contribution in [2.75, 3.05) is 0 Å². The van der Waals surface area contributed by atoms with Gasteiger partial charge >= 0.3 is 0 Å². The van der Waals surface area contributed by atoms with E-state index in [1.807, 2.05) is 6.07 Å². The Hall–Kier alpha value is -2.40. The molecule has 108 valence electrons. The molecule has 1 amide bonds. The highest BCUT2D eigenvalue weighted by Crippen LogP contribution is 2.27. The van der Waals surface area contributed by atoms with Crippen LogP contribution in [0.1, 0.15) is 23.3 Å². The zero-order valence-corrected chi connectivity index (χ0v) is 11.8. The van der Waals surface area contributed by atoms with Crippen LogP contribution in [0, 0.1) is 0 Å². The number of nitrogens with two attached hydrogens (primary N) is 1. The second-order valence-electron chi connectivity index (χ2n) is 4.49. The summed E-state index contributed by atoms with van der Waals surface area (Å²) < 4.78 is 0. The van der Waals surface area contributed by atoms with Crippen LogP contribution in [0.4, 0.5) is 0 Å². The Labute approximate surface area is 126 Å². The molecule has 1 aromatic carbocycles. The van der Waals surface area contributed by atoms with Crippen LogP contribution in [-0.2, 0) is 4.79 Å². The van der Waals surface area contributed by atoms with Crippen molar-refractivity contribution in [1.29, 1.82) is 0 Å². The van der Waals surface area contributed by atoms with E-state index < -0.39 is 11.7 Å². The number of carbonyl (C=O) groups excluding carboxylic acids is 2. The molecule has 1 aromatic heterocycles. The van der Waals surface area contributed by atoms with Crippen molar-refractivity contribution in [2.24, 2.45) is 5.73 Å². The molecular formula is C15H13ClN2O3. The van der Waals surface area contributed by atoms with Crippen molar-refractivity contribution in [2.45, 2.75) is 12.8 Å². The van der Waals surface area contributed by atoms with Crippen molar-refractivity contribution in [1.82, 2.24) is 4.98 Å². The minimum Gasteiger partial charge on any atom is -0.506 e. The number of halogens is 1. The summed E-state index contributed by atoms with van der Waals surface area (Å²) in [6.45, 7) is 0. The standard InChI is InChI=1S/C15H13ClN2O3/c16-11-3-1-2-9(6-11)10-7-13(20)15(18-8-10)12(19)4-5-14(17)21/h1-3,6-8,20H,4-5H2,(H2,17,21). The molecule has 6 heteroatoms. The van der Waals surface area contributed by atoms with Gasteiger partial charge in [-0.2, -0.15) is 0 Å². The van der Waals surface area contributed by atoms with Crippen LogP contribution in [0.15, 0.2) is 36.5 Å². The number of aromatic hydroxyl groups is 1. The summed E-state index contributed by atoms with van der Waals surface area (Å²) in [5.74, 6) is -1.23. The van der Waals surface area contributed by atoms with E-state index in [4.69, 9.17) is 17.3 Å². The van der Waals surface area contributed by atoms with Gasteiger partial charge in [-0.1, -0.05) is 23.7 Å². The van der Waals surface area contributed by atoms with Crippen molar-refractivity contribution in [3.8, 4) is 16.9 Å². The fourth-order valence-electron chi connectivity index (χ4n) is 1.85. The highest BCUT2D eigenvalue weighted by atomic mass is 35.5. The summed E-state index contributed by atoms with van der Waals surface area (Å²) in [6, 6.07) is 8.50. The molecule has 2 rings (SSSR count). The molecule has 0 spiro atoms. The van der Waals surface area contributed by atoms with Gasteiger partial charge < -0.3 is 10.8 Å². The lowest BCUT2D eigenvalue weighted by Crippen LogP contribution is -2.13. The maximum Gasteiger partial charge on any atom is 0.217 e. The molecule has 5 nitrogen and oxygen atoms in total. The van der Waals surface area contributed by atoms with Gasteiger partial charge in [0.2, 0.25) is 5.91 Å². The lowest BCUT2D eigenvalue weighted by atomic mass is 10.1. The van der Waals surface area contributed by atoms with E-state index in [0.29, 0.717) is 10.6 Å².